The third-order valence-corrected chi connectivity index (χ3v) is 1.92. The molecule has 0 radical (unpaired) electrons. The molecule has 64 valence electrons. The fourth-order valence-corrected chi connectivity index (χ4v) is 0.959. The molecular weight excluding hydrogens is 152 g/mol. The number of ether oxygens (including phenoxy) is 2. The number of hydrogen-bond donors (Lipinski definition) is 0. The summed E-state index contributed by atoms with van der Waals surface area (Å²) in [5.74, 6) is 0.911. The predicted octanol–water partition coefficient (Wildman–Crippen LogP) is 1.85. The number of epoxide rings is 1. The molecule has 2 heteroatoms. The summed E-state index contributed by atoms with van der Waals surface area (Å²) in [6.07, 6.45) is 0. The van der Waals surface area contributed by atoms with E-state index in [9.17, 15) is 0 Å². The van der Waals surface area contributed by atoms with E-state index in [1.165, 1.54) is 0 Å². The lowest BCUT2D eigenvalue weighted by molar-refractivity contribution is 0.202. The van der Waals surface area contributed by atoms with Crippen LogP contribution in [-0.4, -0.2) is 18.8 Å². The number of hydrogen-bond acceptors (Lipinski definition) is 2. The Morgan fingerprint density at radius 2 is 2.08 bits per heavy atom. The lowest BCUT2D eigenvalue weighted by Crippen LogP contribution is -2.16. The highest BCUT2D eigenvalue weighted by Gasteiger charge is 2.40. The molecule has 1 atom stereocenters. The van der Waals surface area contributed by atoms with Gasteiger partial charge in [0.25, 0.3) is 0 Å². The van der Waals surface area contributed by atoms with Crippen LogP contribution in [0.3, 0.4) is 0 Å². The van der Waals surface area contributed by atoms with Crippen LogP contribution in [0.15, 0.2) is 30.3 Å². The van der Waals surface area contributed by atoms with E-state index in [1.54, 1.807) is 0 Å². The quantitative estimate of drug-likeness (QED) is 0.636. The van der Waals surface area contributed by atoms with Crippen LogP contribution in [-0.2, 0) is 4.74 Å². The topological polar surface area (TPSA) is 21.8 Å². The van der Waals surface area contributed by atoms with Gasteiger partial charge in [0, 0.05) is 0 Å². The first-order chi connectivity index (χ1) is 5.79. The molecule has 0 N–H and O–H groups in total. The summed E-state index contributed by atoms with van der Waals surface area (Å²) < 4.78 is 10.7. The number of rotatable bonds is 3. The molecule has 12 heavy (non-hydrogen) atoms. The Labute approximate surface area is 72.1 Å². The molecule has 2 nitrogen and oxygen atoms in total. The number of benzene rings is 1. The van der Waals surface area contributed by atoms with Crippen molar-refractivity contribution in [1.29, 1.82) is 0 Å². The van der Waals surface area contributed by atoms with E-state index < -0.39 is 0 Å². The molecule has 1 aromatic rings. The van der Waals surface area contributed by atoms with E-state index in [1.807, 2.05) is 30.3 Å². The molecule has 0 unspecified atom stereocenters. The fourth-order valence-electron chi connectivity index (χ4n) is 0.959. The maximum Gasteiger partial charge on any atom is 0.123 e. The standard InChI is InChI=1S/C10H12O2/c1-10(8-12-10)7-11-9-5-3-2-4-6-9/h2-6H,7-8H2,1H3/t10-/m1/s1. The smallest absolute Gasteiger partial charge is 0.123 e. The van der Waals surface area contributed by atoms with Crippen LogP contribution in [0.4, 0.5) is 0 Å². The van der Waals surface area contributed by atoms with Crippen LogP contribution < -0.4 is 4.74 Å². The molecule has 2 rings (SSSR count). The Hall–Kier alpha value is -1.02. The second-order valence-electron chi connectivity index (χ2n) is 3.34. The van der Waals surface area contributed by atoms with Crippen molar-refractivity contribution < 1.29 is 9.47 Å². The molecule has 1 aliphatic rings. The second-order valence-corrected chi connectivity index (χ2v) is 3.34. The van der Waals surface area contributed by atoms with Crippen LogP contribution in [0, 0.1) is 0 Å². The minimum Gasteiger partial charge on any atom is -0.491 e. The van der Waals surface area contributed by atoms with Gasteiger partial charge in [-0.15, -0.1) is 0 Å². The van der Waals surface area contributed by atoms with Crippen molar-refractivity contribution in [3.05, 3.63) is 30.3 Å². The van der Waals surface area contributed by atoms with Crippen molar-refractivity contribution in [3.8, 4) is 5.75 Å². The number of para-hydroxylation sites is 1. The molecule has 0 aromatic heterocycles. The summed E-state index contributed by atoms with van der Waals surface area (Å²) in [5.41, 5.74) is -0.0180. The van der Waals surface area contributed by atoms with Crippen LogP contribution in [0.5, 0.6) is 5.75 Å². The van der Waals surface area contributed by atoms with Gasteiger partial charge in [-0.05, 0) is 19.1 Å². The minimum absolute atomic E-state index is 0.0180. The second kappa shape index (κ2) is 2.79. The van der Waals surface area contributed by atoms with Crippen LogP contribution in [0.25, 0.3) is 0 Å². The monoisotopic (exact) mass is 164 g/mol. The maximum atomic E-state index is 5.51. The molecule has 1 heterocycles. The van der Waals surface area contributed by atoms with Gasteiger partial charge in [0.2, 0.25) is 0 Å². The Balaban J connectivity index is 1.88. The van der Waals surface area contributed by atoms with Crippen LogP contribution in [0.2, 0.25) is 0 Å². The summed E-state index contributed by atoms with van der Waals surface area (Å²) >= 11 is 0. The van der Waals surface area contributed by atoms with E-state index in [4.69, 9.17) is 9.47 Å². The van der Waals surface area contributed by atoms with Gasteiger partial charge >= 0.3 is 0 Å². The van der Waals surface area contributed by atoms with Gasteiger partial charge in [-0.2, -0.15) is 0 Å². The van der Waals surface area contributed by atoms with Crippen LogP contribution in [0.1, 0.15) is 6.92 Å². The zero-order valence-electron chi connectivity index (χ0n) is 7.12. The summed E-state index contributed by atoms with van der Waals surface area (Å²) in [5, 5.41) is 0. The average molecular weight is 164 g/mol. The summed E-state index contributed by atoms with van der Waals surface area (Å²) in [7, 11) is 0. The lowest BCUT2D eigenvalue weighted by atomic mass is 10.2. The Kier molecular flexibility index (Phi) is 1.77. The molecule has 0 amide bonds. The molecule has 1 aromatic carbocycles. The van der Waals surface area contributed by atoms with Crippen LogP contribution >= 0.6 is 0 Å². The molecule has 0 spiro atoms. The molecule has 0 aliphatic carbocycles. The lowest BCUT2D eigenvalue weighted by Gasteiger charge is -2.07. The molecular formula is C10H12O2. The van der Waals surface area contributed by atoms with E-state index in [0.717, 1.165) is 12.4 Å². The van der Waals surface area contributed by atoms with Crippen molar-refractivity contribution in [2.24, 2.45) is 0 Å². The highest BCUT2D eigenvalue weighted by molar-refractivity contribution is 5.21. The molecule has 1 saturated heterocycles. The Bertz CT molecular complexity index is 252. The largest absolute Gasteiger partial charge is 0.491 e. The Morgan fingerprint density at radius 3 is 2.67 bits per heavy atom. The van der Waals surface area contributed by atoms with E-state index in [-0.39, 0.29) is 5.60 Å². The maximum absolute atomic E-state index is 5.51. The molecule has 1 fully saturated rings. The zero-order chi connectivity index (χ0) is 8.44. The van der Waals surface area contributed by atoms with Crippen molar-refractivity contribution in [1.82, 2.24) is 0 Å². The van der Waals surface area contributed by atoms with Gasteiger partial charge in [0.05, 0.1) is 6.61 Å². The molecule has 0 saturated carbocycles. The SMILES string of the molecule is C[C@@]1(COc2ccccc2)CO1. The highest BCUT2D eigenvalue weighted by Crippen LogP contribution is 2.26. The highest BCUT2D eigenvalue weighted by atomic mass is 16.6. The first-order valence-electron chi connectivity index (χ1n) is 4.10. The zero-order valence-corrected chi connectivity index (χ0v) is 7.12. The fraction of sp³-hybridized carbons (Fsp3) is 0.400. The van der Waals surface area contributed by atoms with Crippen molar-refractivity contribution in [2.45, 2.75) is 12.5 Å². The summed E-state index contributed by atoms with van der Waals surface area (Å²) in [4.78, 5) is 0. The van der Waals surface area contributed by atoms with E-state index in [2.05, 4.69) is 6.92 Å². The average Bonchev–Trinajstić information content (AvgIpc) is 2.84. The summed E-state index contributed by atoms with van der Waals surface area (Å²) in [6, 6.07) is 9.80. The van der Waals surface area contributed by atoms with E-state index in [0.29, 0.717) is 6.61 Å². The van der Waals surface area contributed by atoms with Crippen molar-refractivity contribution >= 4 is 0 Å². The van der Waals surface area contributed by atoms with Crippen molar-refractivity contribution in [2.75, 3.05) is 13.2 Å². The van der Waals surface area contributed by atoms with Gasteiger partial charge < -0.3 is 9.47 Å². The molecule has 1 aliphatic heterocycles. The normalized spacial score (nSPS) is 26.8. The van der Waals surface area contributed by atoms with Gasteiger partial charge in [0.1, 0.15) is 18.0 Å². The van der Waals surface area contributed by atoms with Crippen molar-refractivity contribution in [3.63, 3.8) is 0 Å². The van der Waals surface area contributed by atoms with Gasteiger partial charge in [-0.25, -0.2) is 0 Å². The third kappa shape index (κ3) is 1.77. The summed E-state index contributed by atoms with van der Waals surface area (Å²) in [6.45, 7) is 3.52. The van der Waals surface area contributed by atoms with Gasteiger partial charge in [-0.1, -0.05) is 18.2 Å². The predicted molar refractivity (Wildman–Crippen MR) is 46.3 cm³/mol. The first-order valence-corrected chi connectivity index (χ1v) is 4.10. The molecule has 0 bridgehead atoms. The minimum atomic E-state index is -0.0180. The Morgan fingerprint density at radius 1 is 1.42 bits per heavy atom. The third-order valence-electron chi connectivity index (χ3n) is 1.92. The van der Waals surface area contributed by atoms with Gasteiger partial charge in [-0.3, -0.25) is 0 Å². The van der Waals surface area contributed by atoms with Gasteiger partial charge in [0.15, 0.2) is 0 Å². The first kappa shape index (κ1) is 7.62. The van der Waals surface area contributed by atoms with E-state index >= 15 is 0 Å².